The first-order valence-electron chi connectivity index (χ1n) is 6.07. The van der Waals surface area contributed by atoms with E-state index in [0.717, 1.165) is 18.8 Å². The zero-order valence-corrected chi connectivity index (χ0v) is 9.86. The van der Waals surface area contributed by atoms with Gasteiger partial charge in [-0.25, -0.2) is 9.37 Å². The Kier molecular flexibility index (Phi) is 2.46. The van der Waals surface area contributed by atoms with Crippen molar-refractivity contribution in [2.45, 2.75) is 32.2 Å². The smallest absolute Gasteiger partial charge is 0.143 e. The summed E-state index contributed by atoms with van der Waals surface area (Å²) < 4.78 is 15.9. The maximum absolute atomic E-state index is 13.8. The molecule has 1 aliphatic rings. The predicted octanol–water partition coefficient (Wildman–Crippen LogP) is 3.59. The van der Waals surface area contributed by atoms with Gasteiger partial charge >= 0.3 is 0 Å². The van der Waals surface area contributed by atoms with Gasteiger partial charge in [0.05, 0.1) is 5.56 Å². The Morgan fingerprint density at radius 3 is 3.00 bits per heavy atom. The maximum atomic E-state index is 13.8. The molecule has 0 fully saturated rings. The number of hydrogen-bond acceptors (Lipinski definition) is 1. The summed E-state index contributed by atoms with van der Waals surface area (Å²) in [5.74, 6) is 1.10. The van der Waals surface area contributed by atoms with Crippen LogP contribution in [-0.2, 0) is 6.54 Å². The Bertz CT molecular complexity index is 545. The highest BCUT2D eigenvalue weighted by Crippen LogP contribution is 2.31. The Hall–Kier alpha value is -1.64. The van der Waals surface area contributed by atoms with E-state index in [2.05, 4.69) is 16.5 Å². The second-order valence-corrected chi connectivity index (χ2v) is 4.68. The molecular formula is C14H15FN2. The van der Waals surface area contributed by atoms with Crippen molar-refractivity contribution in [3.63, 3.8) is 0 Å². The fraction of sp³-hybridized carbons (Fsp3) is 0.357. The van der Waals surface area contributed by atoms with Gasteiger partial charge in [-0.2, -0.15) is 0 Å². The number of imidazole rings is 1. The summed E-state index contributed by atoms with van der Waals surface area (Å²) in [5.41, 5.74) is 1.84. The van der Waals surface area contributed by atoms with Crippen LogP contribution >= 0.6 is 0 Å². The Labute approximate surface area is 100 Å². The molecule has 2 heterocycles. The van der Waals surface area contributed by atoms with Crippen molar-refractivity contribution < 1.29 is 4.39 Å². The molecule has 1 atom stereocenters. The van der Waals surface area contributed by atoms with Crippen LogP contribution in [0.15, 0.2) is 30.5 Å². The third kappa shape index (κ3) is 1.66. The van der Waals surface area contributed by atoms with Crippen molar-refractivity contribution in [2.75, 3.05) is 0 Å². The highest BCUT2D eigenvalue weighted by Gasteiger charge is 2.21. The fourth-order valence-corrected chi connectivity index (χ4v) is 2.58. The molecular weight excluding hydrogens is 215 g/mol. The number of halogens is 1. The van der Waals surface area contributed by atoms with Crippen LogP contribution in [-0.4, -0.2) is 9.55 Å². The van der Waals surface area contributed by atoms with E-state index in [1.165, 1.54) is 18.2 Å². The lowest BCUT2D eigenvalue weighted by molar-refractivity contribution is 0.477. The van der Waals surface area contributed by atoms with Crippen molar-refractivity contribution in [1.82, 2.24) is 9.55 Å². The second kappa shape index (κ2) is 3.99. The summed E-state index contributed by atoms with van der Waals surface area (Å²) in [7, 11) is 0. The summed E-state index contributed by atoms with van der Waals surface area (Å²) in [6.45, 7) is 3.15. The first-order chi connectivity index (χ1) is 8.27. The van der Waals surface area contributed by atoms with E-state index in [0.29, 0.717) is 11.5 Å². The van der Waals surface area contributed by atoms with Crippen molar-refractivity contribution in [1.29, 1.82) is 0 Å². The number of hydrogen-bond donors (Lipinski definition) is 0. The van der Waals surface area contributed by atoms with E-state index in [-0.39, 0.29) is 5.82 Å². The molecule has 0 aliphatic carbocycles. The van der Waals surface area contributed by atoms with Crippen LogP contribution in [0.4, 0.5) is 4.39 Å². The molecule has 0 saturated heterocycles. The van der Waals surface area contributed by atoms with E-state index in [9.17, 15) is 4.39 Å². The molecule has 0 spiro atoms. The third-order valence-corrected chi connectivity index (χ3v) is 3.52. The van der Waals surface area contributed by atoms with Gasteiger partial charge in [-0.05, 0) is 30.9 Å². The highest BCUT2D eigenvalue weighted by atomic mass is 19.1. The van der Waals surface area contributed by atoms with Crippen LogP contribution in [0.3, 0.4) is 0 Å². The van der Waals surface area contributed by atoms with E-state index in [1.54, 1.807) is 12.1 Å². The minimum absolute atomic E-state index is 0.195. The predicted molar refractivity (Wildman–Crippen MR) is 65.3 cm³/mol. The molecule has 1 aliphatic heterocycles. The molecule has 1 aromatic carbocycles. The fourth-order valence-electron chi connectivity index (χ4n) is 2.58. The topological polar surface area (TPSA) is 17.8 Å². The monoisotopic (exact) mass is 230 g/mol. The van der Waals surface area contributed by atoms with Crippen LogP contribution in [0.2, 0.25) is 0 Å². The largest absolute Gasteiger partial charge is 0.328 e. The van der Waals surface area contributed by atoms with Gasteiger partial charge in [0.15, 0.2) is 0 Å². The molecule has 3 heteroatoms. The molecule has 2 nitrogen and oxygen atoms in total. The number of fused-ring (bicyclic) bond motifs is 1. The van der Waals surface area contributed by atoms with Crippen molar-refractivity contribution in [3.8, 4) is 11.4 Å². The van der Waals surface area contributed by atoms with Crippen LogP contribution < -0.4 is 0 Å². The summed E-state index contributed by atoms with van der Waals surface area (Å²) in [4.78, 5) is 4.40. The molecule has 1 unspecified atom stereocenters. The normalized spacial score (nSPS) is 19.1. The van der Waals surface area contributed by atoms with Crippen LogP contribution in [0.25, 0.3) is 11.4 Å². The van der Waals surface area contributed by atoms with Gasteiger partial charge in [-0.3, -0.25) is 0 Å². The van der Waals surface area contributed by atoms with Crippen molar-refractivity contribution in [2.24, 2.45) is 0 Å². The van der Waals surface area contributed by atoms with Gasteiger partial charge in [-0.15, -0.1) is 0 Å². The number of rotatable bonds is 1. The molecule has 2 aromatic rings. The highest BCUT2D eigenvalue weighted by molar-refractivity contribution is 5.57. The zero-order chi connectivity index (χ0) is 11.8. The molecule has 0 radical (unpaired) electrons. The van der Waals surface area contributed by atoms with Crippen LogP contribution in [0.1, 0.15) is 31.4 Å². The summed E-state index contributed by atoms with van der Waals surface area (Å²) in [6.07, 6.45) is 4.24. The zero-order valence-electron chi connectivity index (χ0n) is 9.86. The molecule has 3 rings (SSSR count). The Balaban J connectivity index is 2.14. The van der Waals surface area contributed by atoms with E-state index < -0.39 is 0 Å². The van der Waals surface area contributed by atoms with Crippen LogP contribution in [0.5, 0.6) is 0 Å². The lowest BCUT2D eigenvalue weighted by Crippen LogP contribution is -2.14. The lowest BCUT2D eigenvalue weighted by Gasteiger charge is -2.22. The average molecular weight is 230 g/mol. The van der Waals surface area contributed by atoms with Gasteiger partial charge in [0.2, 0.25) is 0 Å². The molecule has 0 bridgehead atoms. The van der Waals surface area contributed by atoms with Gasteiger partial charge < -0.3 is 4.57 Å². The molecule has 0 amide bonds. The van der Waals surface area contributed by atoms with E-state index in [4.69, 9.17) is 0 Å². The molecule has 17 heavy (non-hydrogen) atoms. The summed E-state index contributed by atoms with van der Waals surface area (Å²) >= 11 is 0. The minimum Gasteiger partial charge on any atom is -0.328 e. The first-order valence-corrected chi connectivity index (χ1v) is 6.07. The third-order valence-electron chi connectivity index (χ3n) is 3.52. The average Bonchev–Trinajstić information content (AvgIpc) is 2.75. The van der Waals surface area contributed by atoms with Gasteiger partial charge in [-0.1, -0.05) is 19.1 Å². The second-order valence-electron chi connectivity index (χ2n) is 4.68. The van der Waals surface area contributed by atoms with Crippen LogP contribution in [0, 0.1) is 5.82 Å². The minimum atomic E-state index is -0.195. The quantitative estimate of drug-likeness (QED) is 0.732. The number of aromatic nitrogens is 2. The lowest BCUT2D eigenvalue weighted by atomic mass is 9.98. The van der Waals surface area contributed by atoms with Crippen molar-refractivity contribution >= 4 is 0 Å². The molecule has 0 saturated carbocycles. The molecule has 0 N–H and O–H groups in total. The standard InChI is InChI=1S/C14H15FN2/c1-10-5-4-8-17-13(10)9-16-14(17)11-6-2-3-7-12(11)15/h2-3,6-7,9-10H,4-5,8H2,1H3. The molecule has 1 aromatic heterocycles. The van der Waals surface area contributed by atoms with Gasteiger partial charge in [0.25, 0.3) is 0 Å². The molecule has 88 valence electrons. The summed E-state index contributed by atoms with van der Waals surface area (Å²) in [6, 6.07) is 6.85. The number of nitrogens with zero attached hydrogens (tertiary/aromatic N) is 2. The van der Waals surface area contributed by atoms with Crippen molar-refractivity contribution in [3.05, 3.63) is 42.0 Å². The SMILES string of the molecule is CC1CCCn2c1cnc2-c1ccccc1F. The Morgan fingerprint density at radius 1 is 1.35 bits per heavy atom. The van der Waals surface area contributed by atoms with E-state index >= 15 is 0 Å². The van der Waals surface area contributed by atoms with E-state index in [1.807, 2.05) is 12.3 Å². The first kappa shape index (κ1) is 10.5. The van der Waals surface area contributed by atoms with Gasteiger partial charge in [0, 0.05) is 18.4 Å². The maximum Gasteiger partial charge on any atom is 0.143 e. The summed E-state index contributed by atoms with van der Waals surface area (Å²) in [5, 5.41) is 0. The number of benzene rings is 1. The van der Waals surface area contributed by atoms with Gasteiger partial charge in [0.1, 0.15) is 11.6 Å². The Morgan fingerprint density at radius 2 is 2.18 bits per heavy atom.